The maximum atomic E-state index is 2.44. The summed E-state index contributed by atoms with van der Waals surface area (Å²) in [6, 6.07) is 79.2. The zero-order valence-electron chi connectivity index (χ0n) is 33.6. The van der Waals surface area contributed by atoms with Gasteiger partial charge in [-0.3, -0.25) is 0 Å². The van der Waals surface area contributed by atoms with Gasteiger partial charge in [-0.2, -0.15) is 0 Å². The lowest BCUT2D eigenvalue weighted by Gasteiger charge is -2.34. The zero-order chi connectivity index (χ0) is 40.0. The van der Waals surface area contributed by atoms with Crippen LogP contribution in [0.1, 0.15) is 47.2 Å². The molecule has 284 valence electrons. The van der Waals surface area contributed by atoms with Gasteiger partial charge in [0.05, 0.1) is 5.41 Å². The van der Waals surface area contributed by atoms with Gasteiger partial charge in [0.25, 0.3) is 0 Å². The van der Waals surface area contributed by atoms with Crippen molar-refractivity contribution >= 4 is 48.6 Å². The van der Waals surface area contributed by atoms with Crippen LogP contribution >= 0.6 is 11.3 Å². The minimum atomic E-state index is -0.447. The van der Waals surface area contributed by atoms with Crippen molar-refractivity contribution in [3.05, 3.63) is 246 Å². The zero-order valence-corrected chi connectivity index (χ0v) is 34.4. The lowest BCUT2D eigenvalue weighted by molar-refractivity contribution is 0.660. The van der Waals surface area contributed by atoms with E-state index in [-0.39, 0.29) is 5.41 Å². The quantitative estimate of drug-likeness (QED) is 0.162. The van der Waals surface area contributed by atoms with Crippen LogP contribution in [0.4, 0.5) is 17.1 Å². The largest absolute Gasteiger partial charge is 0.310 e. The second-order valence-corrected chi connectivity index (χ2v) is 17.9. The molecule has 0 bridgehead atoms. The molecule has 0 unspecified atom stereocenters. The standard InChI is InChI=1S/C58H41NS/c1-57(2)51-20-10-6-16-45(51)48-34-33-44(37-54(48)57)59(42-29-24-38(25-30-42)39-26-35-56-50(36-39)49-19-9-13-23-55(49)60-56)43-31-27-41(28-32-43)58(40-14-4-3-5-15-40)52-21-11-7-17-46(52)47-18-8-12-22-53(47)58/h3-37H,1-2H3. The molecule has 2 aliphatic carbocycles. The van der Waals surface area contributed by atoms with Crippen LogP contribution in [0, 0.1) is 0 Å². The van der Waals surface area contributed by atoms with E-state index in [4.69, 9.17) is 0 Å². The molecule has 0 saturated carbocycles. The molecule has 0 fully saturated rings. The van der Waals surface area contributed by atoms with Gasteiger partial charge >= 0.3 is 0 Å². The average molecular weight is 784 g/mol. The maximum absolute atomic E-state index is 2.44. The average Bonchev–Trinajstić information content (AvgIpc) is 3.91. The first kappa shape index (κ1) is 35.0. The molecule has 0 spiro atoms. The fourth-order valence-corrected chi connectivity index (χ4v) is 11.6. The molecule has 2 aliphatic rings. The monoisotopic (exact) mass is 783 g/mol. The Morgan fingerprint density at radius 3 is 1.55 bits per heavy atom. The number of hydrogen-bond acceptors (Lipinski definition) is 2. The smallest absolute Gasteiger partial charge is 0.0713 e. The Bertz CT molecular complexity index is 3230. The fraction of sp³-hybridized carbons (Fsp3) is 0.0690. The van der Waals surface area contributed by atoms with Gasteiger partial charge in [-0.1, -0.05) is 172 Å². The molecule has 60 heavy (non-hydrogen) atoms. The molecule has 10 aromatic rings. The third kappa shape index (κ3) is 5.04. The molecule has 0 aliphatic heterocycles. The highest BCUT2D eigenvalue weighted by Gasteiger charge is 2.46. The van der Waals surface area contributed by atoms with Gasteiger partial charge < -0.3 is 4.90 Å². The number of nitrogens with zero attached hydrogens (tertiary/aromatic N) is 1. The molecule has 2 heteroatoms. The SMILES string of the molecule is CC1(C)c2ccccc2-c2ccc(N(c3ccc(-c4ccc5sc6ccccc6c5c4)cc3)c3ccc(C4(c5ccccc5)c5ccccc5-c5ccccc54)cc3)cc21. The summed E-state index contributed by atoms with van der Waals surface area (Å²) in [4.78, 5) is 2.44. The summed E-state index contributed by atoms with van der Waals surface area (Å²) in [5.74, 6) is 0. The molecule has 0 radical (unpaired) electrons. The summed E-state index contributed by atoms with van der Waals surface area (Å²) in [5.41, 5.74) is 18.5. The highest BCUT2D eigenvalue weighted by molar-refractivity contribution is 7.25. The Morgan fingerprint density at radius 2 is 0.850 bits per heavy atom. The molecule has 0 N–H and O–H groups in total. The highest BCUT2D eigenvalue weighted by Crippen LogP contribution is 2.56. The molecule has 0 saturated heterocycles. The van der Waals surface area contributed by atoms with Crippen LogP contribution < -0.4 is 4.90 Å². The van der Waals surface area contributed by atoms with Crippen LogP contribution in [-0.2, 0) is 10.8 Å². The minimum absolute atomic E-state index is 0.114. The van der Waals surface area contributed by atoms with Crippen molar-refractivity contribution < 1.29 is 0 Å². The Balaban J connectivity index is 1.01. The van der Waals surface area contributed by atoms with Crippen molar-refractivity contribution in [1.82, 2.24) is 0 Å². The van der Waals surface area contributed by atoms with Crippen molar-refractivity contribution in [3.63, 3.8) is 0 Å². The lowest BCUT2D eigenvalue weighted by Crippen LogP contribution is -2.28. The molecular formula is C58H41NS. The van der Waals surface area contributed by atoms with Crippen molar-refractivity contribution in [3.8, 4) is 33.4 Å². The van der Waals surface area contributed by atoms with Gasteiger partial charge in [0.1, 0.15) is 0 Å². The normalized spacial score (nSPS) is 14.1. The molecule has 1 aromatic heterocycles. The second-order valence-electron chi connectivity index (χ2n) is 16.8. The predicted octanol–water partition coefficient (Wildman–Crippen LogP) is 15.9. The molecular weight excluding hydrogens is 743 g/mol. The first-order valence-corrected chi connectivity index (χ1v) is 21.7. The van der Waals surface area contributed by atoms with E-state index in [1.54, 1.807) is 0 Å². The summed E-state index contributed by atoms with van der Waals surface area (Å²) in [5, 5.41) is 2.65. The van der Waals surface area contributed by atoms with Crippen molar-refractivity contribution in [2.24, 2.45) is 0 Å². The Labute approximate surface area is 355 Å². The van der Waals surface area contributed by atoms with E-state index in [2.05, 4.69) is 231 Å². The number of hydrogen-bond donors (Lipinski definition) is 0. The van der Waals surface area contributed by atoms with Gasteiger partial charge in [-0.05, 0) is 121 Å². The third-order valence-corrected chi connectivity index (χ3v) is 14.5. The van der Waals surface area contributed by atoms with Gasteiger partial charge in [-0.15, -0.1) is 11.3 Å². The molecule has 1 nitrogen and oxygen atoms in total. The van der Waals surface area contributed by atoms with Crippen LogP contribution in [0.25, 0.3) is 53.6 Å². The number of thiophene rings is 1. The predicted molar refractivity (Wildman–Crippen MR) is 254 cm³/mol. The summed E-state index contributed by atoms with van der Waals surface area (Å²) in [6.07, 6.45) is 0. The number of fused-ring (bicyclic) bond motifs is 9. The van der Waals surface area contributed by atoms with E-state index in [0.717, 1.165) is 17.1 Å². The van der Waals surface area contributed by atoms with E-state index in [0.29, 0.717) is 0 Å². The van der Waals surface area contributed by atoms with Gasteiger partial charge in [0.15, 0.2) is 0 Å². The van der Waals surface area contributed by atoms with Gasteiger partial charge in [0.2, 0.25) is 0 Å². The topological polar surface area (TPSA) is 3.24 Å². The van der Waals surface area contributed by atoms with E-state index in [9.17, 15) is 0 Å². The molecule has 12 rings (SSSR count). The fourth-order valence-electron chi connectivity index (χ4n) is 10.6. The van der Waals surface area contributed by atoms with E-state index < -0.39 is 5.41 Å². The lowest BCUT2D eigenvalue weighted by atomic mass is 9.68. The first-order valence-electron chi connectivity index (χ1n) is 20.9. The van der Waals surface area contributed by atoms with E-state index >= 15 is 0 Å². The van der Waals surface area contributed by atoms with Crippen molar-refractivity contribution in [2.45, 2.75) is 24.7 Å². The van der Waals surface area contributed by atoms with Crippen molar-refractivity contribution in [2.75, 3.05) is 4.90 Å². The number of rotatable bonds is 6. The highest BCUT2D eigenvalue weighted by atomic mass is 32.1. The Morgan fingerprint density at radius 1 is 0.350 bits per heavy atom. The first-order chi connectivity index (χ1) is 29.5. The second kappa shape index (κ2) is 13.3. The minimum Gasteiger partial charge on any atom is -0.310 e. The van der Waals surface area contributed by atoms with Gasteiger partial charge in [-0.25, -0.2) is 0 Å². The van der Waals surface area contributed by atoms with Crippen molar-refractivity contribution in [1.29, 1.82) is 0 Å². The van der Waals surface area contributed by atoms with E-state index in [1.165, 1.54) is 86.9 Å². The summed E-state index contributed by atoms with van der Waals surface area (Å²) in [6.45, 7) is 4.73. The molecule has 1 heterocycles. The Kier molecular flexibility index (Phi) is 7.73. The summed E-state index contributed by atoms with van der Waals surface area (Å²) in [7, 11) is 0. The molecule has 0 amide bonds. The van der Waals surface area contributed by atoms with Crippen LogP contribution in [0.15, 0.2) is 212 Å². The van der Waals surface area contributed by atoms with Crippen LogP contribution in [0.2, 0.25) is 0 Å². The molecule has 0 atom stereocenters. The number of anilines is 3. The maximum Gasteiger partial charge on any atom is 0.0713 e. The molecule has 9 aromatic carbocycles. The van der Waals surface area contributed by atoms with Crippen LogP contribution in [0.3, 0.4) is 0 Å². The Hall–Kier alpha value is -7.00. The van der Waals surface area contributed by atoms with Gasteiger partial charge in [0, 0.05) is 42.6 Å². The van der Waals surface area contributed by atoms with E-state index in [1.807, 2.05) is 11.3 Å². The summed E-state index contributed by atoms with van der Waals surface area (Å²) < 4.78 is 2.66. The third-order valence-electron chi connectivity index (χ3n) is 13.4. The van der Waals surface area contributed by atoms with Crippen LogP contribution in [0.5, 0.6) is 0 Å². The number of benzene rings is 9. The van der Waals surface area contributed by atoms with Crippen LogP contribution in [-0.4, -0.2) is 0 Å². The summed E-state index contributed by atoms with van der Waals surface area (Å²) >= 11 is 1.87.